The van der Waals surface area contributed by atoms with Gasteiger partial charge in [0.15, 0.2) is 0 Å². The standard InChI is InChI=1S/C19H37NO5/c1-3-4-5-6-9-12-15-18(21)17(20(23)24)14-11-8-7-10-13-16-19(22)25-2/h17-18,21H,3-16H2,1-2H3. The molecule has 0 aliphatic rings. The van der Waals surface area contributed by atoms with Gasteiger partial charge in [0.2, 0.25) is 6.04 Å². The van der Waals surface area contributed by atoms with Crippen molar-refractivity contribution in [2.75, 3.05) is 7.11 Å². The van der Waals surface area contributed by atoms with E-state index in [1.807, 2.05) is 0 Å². The van der Waals surface area contributed by atoms with Gasteiger partial charge in [-0.3, -0.25) is 14.9 Å². The highest BCUT2D eigenvalue weighted by Crippen LogP contribution is 2.17. The Hall–Kier alpha value is -1.17. The summed E-state index contributed by atoms with van der Waals surface area (Å²) in [5.41, 5.74) is 0. The molecule has 0 aromatic carbocycles. The minimum absolute atomic E-state index is 0.189. The molecule has 6 nitrogen and oxygen atoms in total. The van der Waals surface area contributed by atoms with Crippen LogP contribution in [0.4, 0.5) is 0 Å². The zero-order valence-electron chi connectivity index (χ0n) is 16.1. The van der Waals surface area contributed by atoms with E-state index in [0.717, 1.165) is 51.4 Å². The number of carbonyl (C=O) groups excluding carboxylic acids is 1. The monoisotopic (exact) mass is 359 g/mol. The van der Waals surface area contributed by atoms with E-state index in [-0.39, 0.29) is 10.9 Å². The summed E-state index contributed by atoms with van der Waals surface area (Å²) in [7, 11) is 1.39. The Balaban J connectivity index is 3.78. The highest BCUT2D eigenvalue weighted by atomic mass is 16.6. The molecule has 0 heterocycles. The summed E-state index contributed by atoms with van der Waals surface area (Å²) < 4.78 is 4.58. The van der Waals surface area contributed by atoms with Gasteiger partial charge in [0.05, 0.1) is 7.11 Å². The second-order valence-corrected chi connectivity index (χ2v) is 6.86. The van der Waals surface area contributed by atoms with Crippen molar-refractivity contribution in [2.45, 2.75) is 109 Å². The number of hydrogen-bond acceptors (Lipinski definition) is 5. The highest BCUT2D eigenvalue weighted by molar-refractivity contribution is 5.68. The third kappa shape index (κ3) is 13.8. The smallest absolute Gasteiger partial charge is 0.305 e. The summed E-state index contributed by atoms with van der Waals surface area (Å²) in [4.78, 5) is 21.8. The first-order chi connectivity index (χ1) is 12.0. The number of unbranched alkanes of at least 4 members (excludes halogenated alkanes) is 9. The molecule has 0 spiro atoms. The number of rotatable bonds is 17. The second kappa shape index (κ2) is 16.3. The fraction of sp³-hybridized carbons (Fsp3) is 0.947. The molecule has 1 N–H and O–H groups in total. The molecule has 148 valence electrons. The SMILES string of the molecule is CCCCCCCCC(O)C(CCCCCCCC(=O)OC)[N+](=O)[O-]. The van der Waals surface area contributed by atoms with Gasteiger partial charge < -0.3 is 9.84 Å². The molecule has 0 aliphatic carbocycles. The molecule has 0 saturated carbocycles. The molecule has 0 fully saturated rings. The van der Waals surface area contributed by atoms with Gasteiger partial charge in [-0.25, -0.2) is 0 Å². The Morgan fingerprint density at radius 2 is 1.48 bits per heavy atom. The van der Waals surface area contributed by atoms with Crippen molar-refractivity contribution in [3.05, 3.63) is 10.1 Å². The van der Waals surface area contributed by atoms with Gasteiger partial charge in [0.1, 0.15) is 6.10 Å². The summed E-state index contributed by atoms with van der Waals surface area (Å²) in [6.45, 7) is 2.17. The number of esters is 1. The summed E-state index contributed by atoms with van der Waals surface area (Å²) in [5, 5.41) is 21.3. The van der Waals surface area contributed by atoms with Crippen LogP contribution in [-0.2, 0) is 9.53 Å². The Bertz CT molecular complexity index is 349. The molecule has 0 aromatic rings. The normalized spacial score (nSPS) is 13.4. The largest absolute Gasteiger partial charge is 0.469 e. The van der Waals surface area contributed by atoms with Gasteiger partial charge in [0.25, 0.3) is 0 Å². The number of nitro groups is 1. The van der Waals surface area contributed by atoms with Gasteiger partial charge in [-0.1, -0.05) is 64.7 Å². The molecule has 0 aliphatic heterocycles. The lowest BCUT2D eigenvalue weighted by Gasteiger charge is -2.16. The van der Waals surface area contributed by atoms with E-state index in [4.69, 9.17) is 0 Å². The molecule has 0 radical (unpaired) electrons. The maximum absolute atomic E-state index is 11.2. The van der Waals surface area contributed by atoms with Crippen molar-refractivity contribution in [1.29, 1.82) is 0 Å². The predicted molar refractivity (Wildman–Crippen MR) is 99.1 cm³/mol. The molecule has 25 heavy (non-hydrogen) atoms. The molecule has 0 aromatic heterocycles. The van der Waals surface area contributed by atoms with E-state index >= 15 is 0 Å². The second-order valence-electron chi connectivity index (χ2n) is 6.86. The molecule has 2 unspecified atom stereocenters. The van der Waals surface area contributed by atoms with Crippen molar-refractivity contribution in [1.82, 2.24) is 0 Å². The minimum Gasteiger partial charge on any atom is -0.469 e. The van der Waals surface area contributed by atoms with Crippen LogP contribution in [0.1, 0.15) is 96.8 Å². The first-order valence-electron chi connectivity index (χ1n) is 9.91. The van der Waals surface area contributed by atoms with Crippen molar-refractivity contribution in [3.8, 4) is 0 Å². The average Bonchev–Trinajstić information content (AvgIpc) is 2.59. The lowest BCUT2D eigenvalue weighted by Crippen LogP contribution is -2.33. The summed E-state index contributed by atoms with van der Waals surface area (Å²) >= 11 is 0. The van der Waals surface area contributed by atoms with Gasteiger partial charge >= 0.3 is 5.97 Å². The van der Waals surface area contributed by atoms with Crippen molar-refractivity contribution >= 4 is 5.97 Å². The molecular weight excluding hydrogens is 322 g/mol. The van der Waals surface area contributed by atoms with Crippen LogP contribution in [0, 0.1) is 10.1 Å². The zero-order valence-corrected chi connectivity index (χ0v) is 16.1. The van der Waals surface area contributed by atoms with Crippen LogP contribution in [0.2, 0.25) is 0 Å². The van der Waals surface area contributed by atoms with E-state index in [9.17, 15) is 20.0 Å². The molecular formula is C19H37NO5. The third-order valence-corrected chi connectivity index (χ3v) is 4.68. The van der Waals surface area contributed by atoms with Crippen LogP contribution in [0.15, 0.2) is 0 Å². The molecule has 0 amide bonds. The lowest BCUT2D eigenvalue weighted by atomic mass is 9.98. The minimum atomic E-state index is -0.842. The van der Waals surface area contributed by atoms with E-state index in [1.54, 1.807) is 0 Å². The van der Waals surface area contributed by atoms with Gasteiger partial charge in [-0.2, -0.15) is 0 Å². The van der Waals surface area contributed by atoms with E-state index < -0.39 is 12.1 Å². The van der Waals surface area contributed by atoms with Crippen LogP contribution < -0.4 is 0 Å². The van der Waals surface area contributed by atoms with Crippen LogP contribution in [0.5, 0.6) is 0 Å². The fourth-order valence-electron chi connectivity index (χ4n) is 3.02. The third-order valence-electron chi connectivity index (χ3n) is 4.68. The van der Waals surface area contributed by atoms with Crippen LogP contribution in [0.25, 0.3) is 0 Å². The van der Waals surface area contributed by atoms with Gasteiger partial charge in [-0.15, -0.1) is 0 Å². The van der Waals surface area contributed by atoms with Gasteiger partial charge in [-0.05, 0) is 19.3 Å². The summed E-state index contributed by atoms with van der Waals surface area (Å²) in [5.74, 6) is -0.189. The summed E-state index contributed by atoms with van der Waals surface area (Å²) in [6, 6.07) is -0.842. The number of hydrogen-bond donors (Lipinski definition) is 1. The van der Waals surface area contributed by atoms with Gasteiger partial charge in [0, 0.05) is 17.8 Å². The average molecular weight is 360 g/mol. The quantitative estimate of drug-likeness (QED) is 0.177. The number of aliphatic hydroxyl groups is 1. The summed E-state index contributed by atoms with van der Waals surface area (Å²) in [6.07, 6.45) is 11.6. The first-order valence-corrected chi connectivity index (χ1v) is 9.91. The molecule has 0 rings (SSSR count). The maximum Gasteiger partial charge on any atom is 0.305 e. The van der Waals surface area contributed by atoms with Crippen LogP contribution in [0.3, 0.4) is 0 Å². The zero-order chi connectivity index (χ0) is 18.9. The fourth-order valence-corrected chi connectivity index (χ4v) is 3.02. The lowest BCUT2D eigenvalue weighted by molar-refractivity contribution is -0.535. The Morgan fingerprint density at radius 1 is 0.960 bits per heavy atom. The first kappa shape index (κ1) is 23.8. The van der Waals surface area contributed by atoms with Crippen molar-refractivity contribution in [2.24, 2.45) is 0 Å². The van der Waals surface area contributed by atoms with Crippen molar-refractivity contribution < 1.29 is 19.6 Å². The Morgan fingerprint density at radius 3 is 2.04 bits per heavy atom. The predicted octanol–water partition coefficient (Wildman–Crippen LogP) is 4.65. The molecule has 6 heteroatoms. The topological polar surface area (TPSA) is 89.7 Å². The Kier molecular flexibility index (Phi) is 15.5. The Labute approximate surface area is 152 Å². The maximum atomic E-state index is 11.2. The van der Waals surface area contributed by atoms with Crippen molar-refractivity contribution in [3.63, 3.8) is 0 Å². The number of methoxy groups -OCH3 is 1. The number of ether oxygens (including phenoxy) is 1. The van der Waals surface area contributed by atoms with E-state index in [2.05, 4.69) is 11.7 Å². The molecule has 0 bridgehead atoms. The van der Waals surface area contributed by atoms with Crippen LogP contribution >= 0.6 is 0 Å². The number of nitrogens with zero attached hydrogens (tertiary/aromatic N) is 1. The van der Waals surface area contributed by atoms with Crippen LogP contribution in [-0.4, -0.2) is 35.3 Å². The van der Waals surface area contributed by atoms with E-state index in [0.29, 0.717) is 19.3 Å². The highest BCUT2D eigenvalue weighted by Gasteiger charge is 2.28. The molecule has 0 saturated heterocycles. The molecule has 2 atom stereocenters. The number of carbonyl (C=O) groups is 1. The van der Waals surface area contributed by atoms with E-state index in [1.165, 1.54) is 26.4 Å². The number of aliphatic hydroxyl groups excluding tert-OH is 1.